The van der Waals surface area contributed by atoms with Crippen LogP contribution in [0.2, 0.25) is 0 Å². The molecular weight excluding hydrogens is 564 g/mol. The van der Waals surface area contributed by atoms with Crippen molar-refractivity contribution in [3.63, 3.8) is 0 Å². The lowest BCUT2D eigenvalue weighted by Gasteiger charge is -2.09. The Balaban J connectivity index is 1.19. The predicted octanol–water partition coefficient (Wildman–Crippen LogP) is 5.59. The topological polar surface area (TPSA) is 128 Å². The molecule has 0 fully saturated rings. The van der Waals surface area contributed by atoms with Crippen LogP contribution in [-0.4, -0.2) is 45.4 Å². The van der Waals surface area contributed by atoms with E-state index in [1.807, 2.05) is 54.6 Å². The summed E-state index contributed by atoms with van der Waals surface area (Å²) in [5.41, 5.74) is 2.62. The van der Waals surface area contributed by atoms with E-state index in [1.165, 1.54) is 11.3 Å². The van der Waals surface area contributed by atoms with Gasteiger partial charge >= 0.3 is 0 Å². The summed E-state index contributed by atoms with van der Waals surface area (Å²) in [6, 6.07) is 19.0. The molecule has 0 aliphatic carbocycles. The van der Waals surface area contributed by atoms with Crippen molar-refractivity contribution in [1.82, 2.24) is 20.4 Å². The number of rotatable bonds is 0. The number of hydrogen-bond donors (Lipinski definition) is 2. The van der Waals surface area contributed by atoms with Gasteiger partial charge in [0.2, 0.25) is 16.9 Å². The van der Waals surface area contributed by atoms with Gasteiger partial charge < -0.3 is 20.1 Å². The van der Waals surface area contributed by atoms with Crippen molar-refractivity contribution in [2.24, 2.45) is 0 Å². The standard InChI is InChI=1S/C32H36N6O4S/c39-29-21-23-9-7-12-26(19-23)41-17-5-1-2-6-18-42-27-13-8-10-24(20-27)22-30(40)34-32-38-37-31(43-32)14-4-3-11-25-15-16-28(33-29)36-35-25/h7-10,12-13,15-16,19-20H,1-6,11,14,17-18,21-22H2,(H,33,36,39)(H,34,38,40). The third-order valence-electron chi connectivity index (χ3n) is 6.88. The highest BCUT2D eigenvalue weighted by Crippen LogP contribution is 2.20. The number of aryl methyl sites for hydroxylation is 2. The van der Waals surface area contributed by atoms with Crippen LogP contribution in [0.15, 0.2) is 60.7 Å². The summed E-state index contributed by atoms with van der Waals surface area (Å²) >= 11 is 1.40. The first-order valence-corrected chi connectivity index (χ1v) is 15.6. The van der Waals surface area contributed by atoms with Crippen molar-refractivity contribution in [1.29, 1.82) is 0 Å². The second-order valence-electron chi connectivity index (χ2n) is 10.5. The van der Waals surface area contributed by atoms with E-state index in [9.17, 15) is 9.59 Å². The van der Waals surface area contributed by atoms with Crippen LogP contribution in [0.4, 0.5) is 10.9 Å². The Labute approximate surface area is 255 Å². The molecule has 6 rings (SSSR count). The van der Waals surface area contributed by atoms with Gasteiger partial charge in [0.1, 0.15) is 16.5 Å². The quantitative estimate of drug-likeness (QED) is 0.267. The van der Waals surface area contributed by atoms with Gasteiger partial charge in [-0.1, -0.05) is 35.6 Å². The van der Waals surface area contributed by atoms with Crippen LogP contribution in [0, 0.1) is 0 Å². The molecule has 2 amide bonds. The highest BCUT2D eigenvalue weighted by molar-refractivity contribution is 7.15. The molecule has 4 aromatic rings. The van der Waals surface area contributed by atoms with Gasteiger partial charge in [-0.15, -0.1) is 15.3 Å². The van der Waals surface area contributed by atoms with Crippen LogP contribution in [0.25, 0.3) is 0 Å². The lowest BCUT2D eigenvalue weighted by Crippen LogP contribution is -2.16. The molecule has 2 aliphatic heterocycles. The van der Waals surface area contributed by atoms with Crippen molar-refractivity contribution in [2.75, 3.05) is 23.8 Å². The number of anilines is 2. The van der Waals surface area contributed by atoms with Crippen LogP contribution in [0.1, 0.15) is 60.4 Å². The molecule has 11 heteroatoms. The minimum Gasteiger partial charge on any atom is -0.494 e. The smallest absolute Gasteiger partial charge is 0.230 e. The number of benzene rings is 2. The van der Waals surface area contributed by atoms with E-state index in [1.54, 1.807) is 6.07 Å². The third-order valence-corrected chi connectivity index (χ3v) is 7.77. The Morgan fingerprint density at radius 3 is 1.93 bits per heavy atom. The molecule has 10 nitrogen and oxygen atoms in total. The van der Waals surface area contributed by atoms with Crippen molar-refractivity contribution < 1.29 is 19.1 Å². The molecule has 0 radical (unpaired) electrons. The Morgan fingerprint density at radius 1 is 0.628 bits per heavy atom. The fourth-order valence-corrected chi connectivity index (χ4v) is 5.49. The van der Waals surface area contributed by atoms with Crippen molar-refractivity contribution in [2.45, 2.75) is 64.2 Å². The maximum Gasteiger partial charge on any atom is 0.230 e. The number of carbonyl (C=O) groups is 2. The minimum atomic E-state index is -0.156. The first kappa shape index (κ1) is 30.1. The maximum atomic E-state index is 12.6. The molecule has 0 unspecified atom stereocenters. The lowest BCUT2D eigenvalue weighted by molar-refractivity contribution is -0.116. The Kier molecular flexibility index (Phi) is 11.0. The summed E-state index contributed by atoms with van der Waals surface area (Å²) in [7, 11) is 0. The van der Waals surface area contributed by atoms with E-state index in [2.05, 4.69) is 31.0 Å². The minimum absolute atomic E-state index is 0.137. The highest BCUT2D eigenvalue weighted by atomic mass is 32.1. The molecule has 0 saturated carbocycles. The number of nitrogens with zero attached hydrogens (tertiary/aromatic N) is 4. The van der Waals surface area contributed by atoms with Crippen molar-refractivity contribution in [3.05, 3.63) is 82.5 Å². The van der Waals surface area contributed by atoms with Gasteiger partial charge in [0.15, 0.2) is 5.82 Å². The Hall–Kier alpha value is -4.38. The summed E-state index contributed by atoms with van der Waals surface area (Å²) in [5.74, 6) is 1.65. The average molecular weight is 601 g/mol. The van der Waals surface area contributed by atoms with Crippen LogP contribution in [-0.2, 0) is 35.3 Å². The number of ether oxygens (including phenoxy) is 2. The SMILES string of the molecule is O=C1Cc2cccc(c2)OCCCCCCOc2cccc(c2)CC(=O)Nc2nnc(s2)CCCCc2ccc(nn2)N1. The van der Waals surface area contributed by atoms with Gasteiger partial charge in [0.05, 0.1) is 31.7 Å². The summed E-state index contributed by atoms with van der Waals surface area (Å²) < 4.78 is 11.9. The number of hydrogen-bond acceptors (Lipinski definition) is 9. The summed E-state index contributed by atoms with van der Waals surface area (Å²) in [6.45, 7) is 1.23. The van der Waals surface area contributed by atoms with Crippen molar-refractivity contribution >= 4 is 34.1 Å². The molecule has 2 aromatic carbocycles. The van der Waals surface area contributed by atoms with Gasteiger partial charge in [-0.3, -0.25) is 9.59 Å². The number of carbonyl (C=O) groups excluding carboxylic acids is 2. The second-order valence-corrected chi connectivity index (χ2v) is 11.5. The van der Waals surface area contributed by atoms with E-state index in [4.69, 9.17) is 9.47 Å². The maximum absolute atomic E-state index is 12.6. The highest BCUT2D eigenvalue weighted by Gasteiger charge is 2.11. The lowest BCUT2D eigenvalue weighted by atomic mass is 10.1. The molecule has 2 aromatic heterocycles. The average Bonchev–Trinajstić information content (AvgIpc) is 3.44. The number of fused-ring (bicyclic) bond motifs is 16. The van der Waals surface area contributed by atoms with Gasteiger partial charge in [0.25, 0.3) is 0 Å². The normalized spacial score (nSPS) is 16.1. The largest absolute Gasteiger partial charge is 0.494 e. The fourth-order valence-electron chi connectivity index (χ4n) is 4.70. The molecule has 224 valence electrons. The number of amides is 2. The monoisotopic (exact) mass is 600 g/mol. The van der Waals surface area contributed by atoms with Gasteiger partial charge in [-0.25, -0.2) is 0 Å². The zero-order valence-electron chi connectivity index (χ0n) is 24.1. The van der Waals surface area contributed by atoms with Crippen molar-refractivity contribution in [3.8, 4) is 11.5 Å². The van der Waals surface area contributed by atoms with E-state index in [0.29, 0.717) is 24.2 Å². The molecule has 2 aliphatic rings. The third kappa shape index (κ3) is 10.1. The van der Waals surface area contributed by atoms with Gasteiger partial charge in [0, 0.05) is 6.42 Å². The molecule has 0 spiro atoms. The van der Waals surface area contributed by atoms with Gasteiger partial charge in [-0.05, 0) is 92.5 Å². The van der Waals surface area contributed by atoms with Crippen LogP contribution >= 0.6 is 11.3 Å². The van der Waals surface area contributed by atoms with E-state index >= 15 is 0 Å². The molecule has 8 bridgehead atoms. The second kappa shape index (κ2) is 15.7. The first-order valence-electron chi connectivity index (χ1n) is 14.8. The fraction of sp³-hybridized carbons (Fsp3) is 0.375. The predicted molar refractivity (Wildman–Crippen MR) is 166 cm³/mol. The Morgan fingerprint density at radius 2 is 1.28 bits per heavy atom. The van der Waals surface area contributed by atoms with Gasteiger partial charge in [-0.2, -0.15) is 5.10 Å². The van der Waals surface area contributed by atoms with Crippen LogP contribution in [0.5, 0.6) is 11.5 Å². The van der Waals surface area contributed by atoms with E-state index < -0.39 is 0 Å². The number of aromatic nitrogens is 4. The molecule has 43 heavy (non-hydrogen) atoms. The zero-order valence-corrected chi connectivity index (χ0v) is 24.9. The summed E-state index contributed by atoms with van der Waals surface area (Å²) in [5, 5.41) is 23.9. The molecule has 0 saturated heterocycles. The van der Waals surface area contributed by atoms with E-state index in [-0.39, 0.29) is 24.7 Å². The first-order chi connectivity index (χ1) is 21.1. The Bertz CT molecular complexity index is 1490. The number of nitrogens with one attached hydrogen (secondary N) is 2. The molecule has 2 N–H and O–H groups in total. The molecular formula is C32H36N6O4S. The van der Waals surface area contributed by atoms with E-state index in [0.717, 1.165) is 84.7 Å². The van der Waals surface area contributed by atoms with Crippen LogP contribution < -0.4 is 20.1 Å². The van der Waals surface area contributed by atoms with Crippen LogP contribution in [0.3, 0.4) is 0 Å². The summed E-state index contributed by atoms with van der Waals surface area (Å²) in [6.07, 6.45) is 7.70. The zero-order chi connectivity index (χ0) is 29.7. The molecule has 4 heterocycles. The molecule has 0 atom stereocenters. The summed E-state index contributed by atoms with van der Waals surface area (Å²) in [4.78, 5) is 25.2.